The first kappa shape index (κ1) is 24.3. The molecule has 2 aromatic heterocycles. The van der Waals surface area contributed by atoms with Crippen LogP contribution in [0.2, 0.25) is 0 Å². The minimum absolute atomic E-state index is 0.0711. The lowest BCUT2D eigenvalue weighted by atomic mass is 9.98. The van der Waals surface area contributed by atoms with Gasteiger partial charge in [0, 0.05) is 44.0 Å². The number of hydrogen-bond donors (Lipinski definition) is 1. The number of piperidine rings is 2. The maximum absolute atomic E-state index is 16.5. The standard InChI is InChI=1S/C32H34FN5O2/c33-28-29(26-14-24(39)13-22-3-1-2-4-25(22)26)34-15-27-30(28)35-32(40-10-9-37-16-21-7-8-23(37)12-21)36-31(27)38-17-19-5-6-20(11-19)18-38/h1-4,13-15,19-21,23,39H,5-12,16-18H2/t19?,20?,21-,23?/m0/s1. The zero-order valence-electron chi connectivity index (χ0n) is 22.6. The van der Waals surface area contributed by atoms with Gasteiger partial charge < -0.3 is 14.7 Å². The molecule has 4 aliphatic rings. The Balaban J connectivity index is 1.19. The largest absolute Gasteiger partial charge is 0.508 e. The van der Waals surface area contributed by atoms with E-state index in [0.717, 1.165) is 48.7 Å². The van der Waals surface area contributed by atoms with Gasteiger partial charge in [-0.2, -0.15) is 9.97 Å². The highest BCUT2D eigenvalue weighted by atomic mass is 19.1. The lowest BCUT2D eigenvalue weighted by Gasteiger charge is -2.33. The van der Waals surface area contributed by atoms with E-state index >= 15 is 4.39 Å². The molecule has 0 spiro atoms. The van der Waals surface area contributed by atoms with Gasteiger partial charge in [0.15, 0.2) is 5.82 Å². The van der Waals surface area contributed by atoms with E-state index in [2.05, 4.69) is 19.8 Å². The molecule has 4 heterocycles. The lowest BCUT2D eigenvalue weighted by molar-refractivity contribution is 0.167. The van der Waals surface area contributed by atoms with Crippen LogP contribution in [0.5, 0.6) is 11.8 Å². The summed E-state index contributed by atoms with van der Waals surface area (Å²) in [5, 5.41) is 12.7. The minimum atomic E-state index is -0.515. The smallest absolute Gasteiger partial charge is 0.319 e. The maximum atomic E-state index is 16.5. The molecule has 2 aliphatic heterocycles. The molecule has 4 aromatic rings. The third kappa shape index (κ3) is 4.15. The highest BCUT2D eigenvalue weighted by Gasteiger charge is 2.37. The molecule has 2 saturated heterocycles. The number of phenolic OH excluding ortho intramolecular Hbond substituents is 1. The molecule has 2 saturated carbocycles. The molecule has 1 N–H and O–H groups in total. The molecule has 4 fully saturated rings. The molecule has 4 bridgehead atoms. The number of benzene rings is 2. The molecule has 8 rings (SSSR count). The molecular formula is C32H34FN5O2. The number of phenols is 1. The van der Waals surface area contributed by atoms with Crippen LogP contribution in [0.1, 0.15) is 38.5 Å². The van der Waals surface area contributed by atoms with Gasteiger partial charge in [-0.05, 0) is 79.2 Å². The van der Waals surface area contributed by atoms with Crippen molar-refractivity contribution in [1.29, 1.82) is 0 Å². The Morgan fingerprint density at radius 2 is 1.73 bits per heavy atom. The van der Waals surface area contributed by atoms with Crippen LogP contribution in [0.25, 0.3) is 32.9 Å². The molecule has 206 valence electrons. The SMILES string of the molecule is Oc1cc(-c2ncc3c(N4CC5CCC(C5)C4)nc(OCCN4C[C@H]5CCC4C5)nc3c2F)c2ccccc2c1. The summed E-state index contributed by atoms with van der Waals surface area (Å²) in [7, 11) is 0. The number of pyridine rings is 1. The van der Waals surface area contributed by atoms with Crippen LogP contribution in [0.15, 0.2) is 42.6 Å². The van der Waals surface area contributed by atoms with Crippen molar-refractivity contribution in [2.24, 2.45) is 17.8 Å². The number of nitrogens with zero attached hydrogens (tertiary/aromatic N) is 5. The number of halogens is 1. The summed E-state index contributed by atoms with van der Waals surface area (Å²) in [6.07, 6.45) is 9.38. The van der Waals surface area contributed by atoms with Gasteiger partial charge in [0.05, 0.1) is 5.39 Å². The number of aromatic hydroxyl groups is 1. The Hall–Kier alpha value is -3.52. The zero-order valence-corrected chi connectivity index (χ0v) is 22.6. The second-order valence-corrected chi connectivity index (χ2v) is 12.4. The first-order valence-electron chi connectivity index (χ1n) is 14.8. The van der Waals surface area contributed by atoms with Crippen molar-refractivity contribution in [2.45, 2.75) is 44.6 Å². The number of likely N-dealkylation sites (tertiary alicyclic amines) is 1. The van der Waals surface area contributed by atoms with Gasteiger partial charge in [0.2, 0.25) is 0 Å². The molecule has 3 unspecified atom stereocenters. The van der Waals surface area contributed by atoms with Crippen molar-refractivity contribution in [3.05, 3.63) is 48.4 Å². The molecular weight excluding hydrogens is 505 g/mol. The molecule has 8 heteroatoms. The average Bonchev–Trinajstić information content (AvgIpc) is 3.68. The number of rotatable bonds is 6. The van der Waals surface area contributed by atoms with Gasteiger partial charge in [-0.15, -0.1) is 0 Å². The van der Waals surface area contributed by atoms with Crippen LogP contribution in [0.4, 0.5) is 10.2 Å². The molecule has 0 radical (unpaired) electrons. The Labute approximate surface area is 233 Å². The monoisotopic (exact) mass is 539 g/mol. The van der Waals surface area contributed by atoms with Gasteiger partial charge in [-0.25, -0.2) is 4.39 Å². The fourth-order valence-electron chi connectivity index (χ4n) is 7.94. The fourth-order valence-corrected chi connectivity index (χ4v) is 7.94. The summed E-state index contributed by atoms with van der Waals surface area (Å²) in [6.45, 7) is 4.30. The van der Waals surface area contributed by atoms with Gasteiger partial charge in [0.1, 0.15) is 29.4 Å². The van der Waals surface area contributed by atoms with Crippen molar-refractivity contribution < 1.29 is 14.2 Å². The van der Waals surface area contributed by atoms with Gasteiger partial charge in [-0.3, -0.25) is 9.88 Å². The van der Waals surface area contributed by atoms with Gasteiger partial charge >= 0.3 is 6.01 Å². The second-order valence-electron chi connectivity index (χ2n) is 12.4. The van der Waals surface area contributed by atoms with Gasteiger partial charge in [-0.1, -0.05) is 24.3 Å². The van der Waals surface area contributed by atoms with Crippen molar-refractivity contribution in [3.8, 4) is 23.0 Å². The molecule has 40 heavy (non-hydrogen) atoms. The van der Waals surface area contributed by atoms with Crippen LogP contribution < -0.4 is 9.64 Å². The Morgan fingerprint density at radius 1 is 0.925 bits per heavy atom. The predicted octanol–water partition coefficient (Wildman–Crippen LogP) is 5.79. The van der Waals surface area contributed by atoms with E-state index in [-0.39, 0.29) is 23.0 Å². The van der Waals surface area contributed by atoms with Crippen molar-refractivity contribution in [2.75, 3.05) is 37.7 Å². The van der Waals surface area contributed by atoms with Crippen LogP contribution in [0.3, 0.4) is 0 Å². The van der Waals surface area contributed by atoms with E-state index < -0.39 is 5.82 Å². The minimum Gasteiger partial charge on any atom is -0.508 e. The molecule has 4 atom stereocenters. The van der Waals surface area contributed by atoms with E-state index in [9.17, 15) is 5.11 Å². The average molecular weight is 540 g/mol. The summed E-state index contributed by atoms with van der Waals surface area (Å²) < 4.78 is 22.6. The van der Waals surface area contributed by atoms with Crippen molar-refractivity contribution in [1.82, 2.24) is 19.9 Å². The highest BCUT2D eigenvalue weighted by Crippen LogP contribution is 2.41. The fraction of sp³-hybridized carbons (Fsp3) is 0.469. The van der Waals surface area contributed by atoms with Crippen LogP contribution in [-0.4, -0.2) is 63.8 Å². The van der Waals surface area contributed by atoms with E-state index in [0.29, 0.717) is 35.4 Å². The maximum Gasteiger partial charge on any atom is 0.319 e. The third-order valence-corrected chi connectivity index (χ3v) is 9.78. The number of anilines is 1. The summed E-state index contributed by atoms with van der Waals surface area (Å²) in [5.41, 5.74) is 0.926. The Bertz CT molecular complexity index is 1600. The molecule has 2 aromatic carbocycles. The molecule has 0 amide bonds. The summed E-state index contributed by atoms with van der Waals surface area (Å²) in [4.78, 5) is 18.9. The van der Waals surface area contributed by atoms with Crippen LogP contribution in [-0.2, 0) is 0 Å². The Morgan fingerprint density at radius 3 is 2.52 bits per heavy atom. The number of fused-ring (bicyclic) bond motifs is 6. The van der Waals surface area contributed by atoms with Crippen LogP contribution >= 0.6 is 0 Å². The topological polar surface area (TPSA) is 74.6 Å². The lowest BCUT2D eigenvalue weighted by Crippen LogP contribution is -2.37. The van der Waals surface area contributed by atoms with Crippen molar-refractivity contribution in [3.63, 3.8) is 0 Å². The second kappa shape index (κ2) is 9.54. The Kier molecular flexibility index (Phi) is 5.80. The number of hydrogen-bond acceptors (Lipinski definition) is 7. The van der Waals surface area contributed by atoms with Crippen LogP contribution in [0, 0.1) is 23.6 Å². The van der Waals surface area contributed by atoms with Crippen molar-refractivity contribution >= 4 is 27.5 Å². The van der Waals surface area contributed by atoms with E-state index in [1.165, 1.54) is 38.5 Å². The quantitative estimate of drug-likeness (QED) is 0.333. The summed E-state index contributed by atoms with van der Waals surface area (Å²) in [6, 6.07) is 11.8. The van der Waals surface area contributed by atoms with E-state index in [1.807, 2.05) is 24.3 Å². The molecule has 2 aliphatic carbocycles. The summed E-state index contributed by atoms with van der Waals surface area (Å²) >= 11 is 0. The van der Waals surface area contributed by atoms with E-state index in [4.69, 9.17) is 9.72 Å². The van der Waals surface area contributed by atoms with E-state index in [1.54, 1.807) is 18.3 Å². The third-order valence-electron chi connectivity index (χ3n) is 9.78. The van der Waals surface area contributed by atoms with Gasteiger partial charge in [0.25, 0.3) is 0 Å². The summed E-state index contributed by atoms with van der Waals surface area (Å²) in [5.74, 6) is 2.40. The number of ether oxygens (including phenoxy) is 1. The molecule has 7 nitrogen and oxygen atoms in total. The first-order valence-corrected chi connectivity index (χ1v) is 14.8. The zero-order chi connectivity index (χ0) is 26.8. The number of aromatic nitrogens is 3. The predicted molar refractivity (Wildman–Crippen MR) is 153 cm³/mol. The highest BCUT2D eigenvalue weighted by molar-refractivity contribution is 5.99. The first-order chi connectivity index (χ1) is 19.6. The normalized spacial score (nSPS) is 25.9.